The number of likely N-dealkylation sites (N-methyl/N-ethyl adjacent to an activating group) is 2. The van der Waals surface area contributed by atoms with Crippen molar-refractivity contribution in [3.05, 3.63) is 69.2 Å². The fourth-order valence-electron chi connectivity index (χ4n) is 6.14. The average Bonchev–Trinajstić information content (AvgIpc) is 3.29. The number of hydrogen-bond donors (Lipinski definition) is 0. The van der Waals surface area contributed by atoms with Gasteiger partial charge in [-0.1, -0.05) is 53.5 Å². The van der Waals surface area contributed by atoms with E-state index >= 15 is 0 Å². The van der Waals surface area contributed by atoms with E-state index in [1.807, 2.05) is 11.8 Å². The number of likely N-dealkylation sites (tertiary alicyclic amines) is 1. The summed E-state index contributed by atoms with van der Waals surface area (Å²) in [7, 11) is 2.87. The minimum Gasteiger partial charge on any atom is -0.444 e. The average molecular weight is 675 g/mol. The smallest absolute Gasteiger partial charge is 0.410 e. The maximum atomic E-state index is 13.6. The number of fused-ring (bicyclic) bond motifs is 2. The lowest BCUT2D eigenvalue weighted by Crippen LogP contribution is -2.57. The molecule has 1 fully saturated rings. The highest BCUT2D eigenvalue weighted by Gasteiger charge is 2.46. The molecule has 2 aromatic rings. The third-order valence-corrected chi connectivity index (χ3v) is 10.9. The molecule has 0 radical (unpaired) electrons. The van der Waals surface area contributed by atoms with Crippen LogP contribution in [0, 0.1) is 0 Å². The van der Waals surface area contributed by atoms with Gasteiger partial charge in [-0.05, 0) is 81.9 Å². The lowest BCUT2D eigenvalue weighted by atomic mass is 9.83. The number of carbonyl (C=O) groups excluding carboxylic acids is 2. The van der Waals surface area contributed by atoms with Crippen molar-refractivity contribution in [1.29, 1.82) is 0 Å². The first-order valence-corrected chi connectivity index (χ1v) is 16.4. The van der Waals surface area contributed by atoms with Crippen molar-refractivity contribution < 1.29 is 27.5 Å². The summed E-state index contributed by atoms with van der Waals surface area (Å²) in [5.41, 5.74) is 1.22. The van der Waals surface area contributed by atoms with Crippen LogP contribution in [0.4, 0.5) is 18.0 Å². The Balaban J connectivity index is 1.65. The van der Waals surface area contributed by atoms with E-state index in [9.17, 15) is 22.8 Å². The molecular weight excluding hydrogens is 634 g/mol. The molecule has 44 heavy (non-hydrogen) atoms. The normalized spacial score (nSPS) is 18.0. The van der Waals surface area contributed by atoms with Crippen molar-refractivity contribution in [3.63, 3.8) is 0 Å². The van der Waals surface area contributed by atoms with Crippen LogP contribution in [-0.4, -0.2) is 78.8 Å². The summed E-state index contributed by atoms with van der Waals surface area (Å²) in [4.78, 5) is 31.1. The van der Waals surface area contributed by atoms with Gasteiger partial charge in [0.1, 0.15) is 12.0 Å². The topological polar surface area (TPSA) is 53.1 Å². The Hall–Kier alpha value is -2.14. The second-order valence-corrected chi connectivity index (χ2v) is 14.9. The van der Waals surface area contributed by atoms with Crippen LogP contribution < -0.4 is 0 Å². The Morgan fingerprint density at radius 2 is 1.68 bits per heavy atom. The molecule has 2 amide bonds. The number of alkyl halides is 3. The lowest BCUT2D eigenvalue weighted by Gasteiger charge is -2.46. The molecule has 242 valence electrons. The third-order valence-electron chi connectivity index (χ3n) is 8.56. The van der Waals surface area contributed by atoms with Gasteiger partial charge in [0.25, 0.3) is 0 Å². The van der Waals surface area contributed by atoms with E-state index in [1.165, 1.54) is 23.1 Å². The number of rotatable bonds is 8. The molecule has 1 spiro atoms. The molecule has 2 aromatic carbocycles. The summed E-state index contributed by atoms with van der Waals surface area (Å²) in [6, 6.07) is 13.5. The number of ether oxygens (including phenoxy) is 1. The molecular formula is C32H40Cl2F3N3O3S. The largest absolute Gasteiger partial charge is 0.444 e. The van der Waals surface area contributed by atoms with Crippen molar-refractivity contribution in [2.24, 2.45) is 0 Å². The first-order chi connectivity index (χ1) is 20.4. The summed E-state index contributed by atoms with van der Waals surface area (Å²) in [5, 5.41) is 0.522. The zero-order chi connectivity index (χ0) is 32.5. The monoisotopic (exact) mass is 673 g/mol. The molecule has 4 rings (SSSR count). The molecule has 0 unspecified atom stereocenters. The van der Waals surface area contributed by atoms with Gasteiger partial charge in [-0.15, -0.1) is 11.8 Å². The van der Waals surface area contributed by atoms with Gasteiger partial charge in [0.2, 0.25) is 5.91 Å². The predicted molar refractivity (Wildman–Crippen MR) is 170 cm³/mol. The van der Waals surface area contributed by atoms with E-state index in [0.29, 0.717) is 23.6 Å². The molecule has 2 aliphatic heterocycles. The van der Waals surface area contributed by atoms with Gasteiger partial charge in [-0.2, -0.15) is 13.2 Å². The molecule has 0 aromatic heterocycles. The van der Waals surface area contributed by atoms with Gasteiger partial charge in [0, 0.05) is 37.7 Å². The van der Waals surface area contributed by atoms with E-state index in [-0.39, 0.29) is 16.3 Å². The SMILES string of the molecule is CN(C[C@](CCN1CCC2(CC1)SCc1ccccc12)(c1ccc(Cl)c(Cl)c1)N(C)C(=O)OC(C)(C)C)C(=O)CC(F)(F)F. The minimum atomic E-state index is -4.67. The van der Waals surface area contributed by atoms with Gasteiger partial charge in [-0.3, -0.25) is 9.69 Å². The van der Waals surface area contributed by atoms with E-state index in [2.05, 4.69) is 29.2 Å². The van der Waals surface area contributed by atoms with Gasteiger partial charge in [0.15, 0.2) is 0 Å². The number of benzene rings is 2. The number of amides is 2. The van der Waals surface area contributed by atoms with Crippen LogP contribution in [-0.2, 0) is 25.6 Å². The maximum absolute atomic E-state index is 13.6. The molecule has 2 heterocycles. The van der Waals surface area contributed by atoms with Gasteiger partial charge in [-0.25, -0.2) is 4.79 Å². The quantitative estimate of drug-likeness (QED) is 0.284. The van der Waals surface area contributed by atoms with Crippen LogP contribution in [0.25, 0.3) is 0 Å². The Labute approximate surface area is 272 Å². The molecule has 0 bridgehead atoms. The van der Waals surface area contributed by atoms with E-state index < -0.39 is 35.7 Å². The van der Waals surface area contributed by atoms with E-state index in [1.54, 1.807) is 46.0 Å². The van der Waals surface area contributed by atoms with Crippen molar-refractivity contribution in [1.82, 2.24) is 14.7 Å². The molecule has 0 aliphatic carbocycles. The van der Waals surface area contributed by atoms with Crippen LogP contribution >= 0.6 is 35.0 Å². The first-order valence-electron chi connectivity index (χ1n) is 14.6. The standard InChI is InChI=1S/C32H40Cl2F3N3O3S/c1-29(2,3)43-28(42)39(5)30(23-10-11-25(33)26(34)18-23,21-38(4)27(41)19-32(35,36)37)12-15-40-16-13-31(14-17-40)24-9-7-6-8-22(24)20-44-31/h6-11,18H,12-17,19-21H2,1-5H3/t30-/m1/s1. The summed E-state index contributed by atoms with van der Waals surface area (Å²) in [6.07, 6.45) is -4.72. The van der Waals surface area contributed by atoms with Gasteiger partial charge in [0.05, 0.1) is 15.6 Å². The number of piperidine rings is 1. The van der Waals surface area contributed by atoms with Crippen molar-refractivity contribution >= 4 is 47.0 Å². The van der Waals surface area contributed by atoms with E-state index in [4.69, 9.17) is 27.9 Å². The summed E-state index contributed by atoms with van der Waals surface area (Å²) in [6.45, 7) is 7.16. The van der Waals surface area contributed by atoms with Gasteiger partial charge < -0.3 is 14.5 Å². The maximum Gasteiger partial charge on any atom is 0.410 e. The lowest BCUT2D eigenvalue weighted by molar-refractivity contribution is -0.161. The first kappa shape index (κ1) is 34.7. The van der Waals surface area contributed by atoms with Crippen LogP contribution in [0.5, 0.6) is 0 Å². The second kappa shape index (κ2) is 13.3. The molecule has 12 heteroatoms. The summed E-state index contributed by atoms with van der Waals surface area (Å²) in [5.74, 6) is -0.105. The van der Waals surface area contributed by atoms with Gasteiger partial charge >= 0.3 is 12.3 Å². The molecule has 1 atom stereocenters. The van der Waals surface area contributed by atoms with Crippen molar-refractivity contribution in [3.8, 4) is 0 Å². The summed E-state index contributed by atoms with van der Waals surface area (Å²) < 4.78 is 45.5. The van der Waals surface area contributed by atoms with Crippen LogP contribution in [0.15, 0.2) is 42.5 Å². The zero-order valence-electron chi connectivity index (χ0n) is 25.8. The Bertz CT molecular complexity index is 1360. The molecule has 1 saturated heterocycles. The Kier molecular flexibility index (Phi) is 10.5. The van der Waals surface area contributed by atoms with Crippen LogP contribution in [0.1, 0.15) is 63.1 Å². The molecule has 0 N–H and O–H groups in total. The van der Waals surface area contributed by atoms with Crippen LogP contribution in [0.3, 0.4) is 0 Å². The highest BCUT2D eigenvalue weighted by molar-refractivity contribution is 7.99. The summed E-state index contributed by atoms with van der Waals surface area (Å²) >= 11 is 14.7. The molecule has 0 saturated carbocycles. The minimum absolute atomic E-state index is 0.0748. The highest BCUT2D eigenvalue weighted by atomic mass is 35.5. The Morgan fingerprint density at radius 1 is 1.02 bits per heavy atom. The van der Waals surface area contributed by atoms with Crippen LogP contribution in [0.2, 0.25) is 10.0 Å². The number of halogens is 5. The fourth-order valence-corrected chi connectivity index (χ4v) is 7.95. The number of thioether (sulfide) groups is 1. The molecule has 6 nitrogen and oxygen atoms in total. The van der Waals surface area contributed by atoms with Crippen molar-refractivity contribution in [2.45, 2.75) is 74.3 Å². The third kappa shape index (κ3) is 7.98. The second-order valence-electron chi connectivity index (χ2n) is 12.8. The number of hydrogen-bond acceptors (Lipinski definition) is 5. The fraction of sp³-hybridized carbons (Fsp3) is 0.562. The predicted octanol–water partition coefficient (Wildman–Crippen LogP) is 8.09. The Morgan fingerprint density at radius 3 is 2.30 bits per heavy atom. The van der Waals surface area contributed by atoms with Crippen molar-refractivity contribution in [2.75, 3.05) is 40.3 Å². The van der Waals surface area contributed by atoms with E-state index in [0.717, 1.165) is 36.6 Å². The number of carbonyl (C=O) groups is 2. The number of nitrogens with zero attached hydrogens (tertiary/aromatic N) is 3. The zero-order valence-corrected chi connectivity index (χ0v) is 28.1. The molecule has 2 aliphatic rings. The highest BCUT2D eigenvalue weighted by Crippen LogP contribution is 2.53.